The third kappa shape index (κ3) is 2.44. The fourth-order valence-electron chi connectivity index (χ4n) is 1.46. The molecule has 92 valence electrons. The predicted molar refractivity (Wildman–Crippen MR) is 71.2 cm³/mol. The highest BCUT2D eigenvalue weighted by Gasteiger charge is 2.18. The minimum absolute atomic E-state index is 0.161. The second-order valence-electron chi connectivity index (χ2n) is 3.52. The van der Waals surface area contributed by atoms with Crippen LogP contribution in [-0.4, -0.2) is 22.9 Å². The summed E-state index contributed by atoms with van der Waals surface area (Å²) >= 11 is 11.8. The number of halogens is 2. The number of amides is 1. The van der Waals surface area contributed by atoms with Crippen molar-refractivity contribution in [2.45, 2.75) is 0 Å². The fraction of sp³-hybridized carbons (Fsp3) is 0.0833. The zero-order chi connectivity index (χ0) is 13.1. The van der Waals surface area contributed by atoms with Crippen LogP contribution in [0.3, 0.4) is 0 Å². The van der Waals surface area contributed by atoms with E-state index in [0.717, 1.165) is 0 Å². The van der Waals surface area contributed by atoms with Gasteiger partial charge in [0.1, 0.15) is 5.15 Å². The van der Waals surface area contributed by atoms with Crippen molar-refractivity contribution < 1.29 is 4.79 Å². The Balaban J connectivity index is 2.36. The Hall–Kier alpha value is -1.65. The Morgan fingerprint density at radius 1 is 1.11 bits per heavy atom. The molecular formula is C12H9Cl2N3O. The van der Waals surface area contributed by atoms with Gasteiger partial charge in [-0.25, -0.2) is 9.97 Å². The molecule has 6 heteroatoms. The summed E-state index contributed by atoms with van der Waals surface area (Å²) < 4.78 is 0. The van der Waals surface area contributed by atoms with E-state index in [-0.39, 0.29) is 16.2 Å². The van der Waals surface area contributed by atoms with Gasteiger partial charge >= 0.3 is 0 Å². The Labute approximate surface area is 114 Å². The van der Waals surface area contributed by atoms with Crippen molar-refractivity contribution in [2.24, 2.45) is 0 Å². The summed E-state index contributed by atoms with van der Waals surface area (Å²) in [7, 11) is 1.61. The minimum atomic E-state index is -0.289. The molecule has 0 aliphatic rings. The van der Waals surface area contributed by atoms with Crippen LogP contribution in [0.4, 0.5) is 5.69 Å². The summed E-state index contributed by atoms with van der Waals surface area (Å²) in [5, 5.41) is 0.419. The fourth-order valence-corrected chi connectivity index (χ4v) is 1.91. The number of hydrogen-bond donors (Lipinski definition) is 0. The summed E-state index contributed by atoms with van der Waals surface area (Å²) in [6.07, 6.45) is 3.08. The lowest BCUT2D eigenvalue weighted by atomic mass is 10.2. The first-order valence-electron chi connectivity index (χ1n) is 5.10. The molecule has 0 N–H and O–H groups in total. The van der Waals surface area contributed by atoms with Gasteiger partial charge in [0.2, 0.25) is 0 Å². The summed E-state index contributed by atoms with van der Waals surface area (Å²) in [5.74, 6) is -0.289. The average Bonchev–Trinajstić information content (AvgIpc) is 2.38. The molecule has 2 heterocycles. The van der Waals surface area contributed by atoms with E-state index in [0.29, 0.717) is 11.3 Å². The number of nitrogens with zero attached hydrogens (tertiary/aromatic N) is 3. The number of carbonyl (C=O) groups excluding carboxylic acids is 1. The van der Waals surface area contributed by atoms with Crippen LogP contribution in [0.15, 0.2) is 36.7 Å². The molecule has 0 atom stereocenters. The van der Waals surface area contributed by atoms with E-state index < -0.39 is 0 Å². The van der Waals surface area contributed by atoms with E-state index in [1.54, 1.807) is 37.5 Å². The van der Waals surface area contributed by atoms with Gasteiger partial charge in [-0.1, -0.05) is 23.2 Å². The van der Waals surface area contributed by atoms with Crippen LogP contribution in [0.1, 0.15) is 10.4 Å². The van der Waals surface area contributed by atoms with Crippen LogP contribution in [0, 0.1) is 0 Å². The molecule has 0 aromatic carbocycles. The van der Waals surface area contributed by atoms with Crippen molar-refractivity contribution in [3.05, 3.63) is 52.5 Å². The maximum absolute atomic E-state index is 12.2. The molecular weight excluding hydrogens is 273 g/mol. The molecule has 18 heavy (non-hydrogen) atoms. The monoisotopic (exact) mass is 281 g/mol. The van der Waals surface area contributed by atoms with E-state index in [9.17, 15) is 4.79 Å². The summed E-state index contributed by atoms with van der Waals surface area (Å²) in [5.41, 5.74) is 0.839. The van der Waals surface area contributed by atoms with E-state index in [2.05, 4.69) is 9.97 Å². The van der Waals surface area contributed by atoms with E-state index >= 15 is 0 Å². The van der Waals surface area contributed by atoms with Crippen molar-refractivity contribution in [3.63, 3.8) is 0 Å². The first-order valence-corrected chi connectivity index (χ1v) is 5.86. The molecule has 0 unspecified atom stereocenters. The Morgan fingerprint density at radius 3 is 2.33 bits per heavy atom. The quantitative estimate of drug-likeness (QED) is 0.795. The molecule has 0 fully saturated rings. The summed E-state index contributed by atoms with van der Waals surface area (Å²) in [6, 6.07) is 6.67. The molecule has 0 saturated heterocycles. The minimum Gasteiger partial charge on any atom is -0.308 e. The van der Waals surface area contributed by atoms with E-state index in [4.69, 9.17) is 23.2 Å². The SMILES string of the molecule is CN(C(=O)c1cccnc1Cl)c1cccnc1Cl. The molecule has 0 bridgehead atoms. The van der Waals surface area contributed by atoms with Gasteiger partial charge in [0.15, 0.2) is 5.15 Å². The highest BCUT2D eigenvalue weighted by Crippen LogP contribution is 2.24. The number of carbonyl (C=O) groups is 1. The van der Waals surface area contributed by atoms with E-state index in [1.807, 2.05) is 0 Å². The second kappa shape index (κ2) is 5.33. The van der Waals surface area contributed by atoms with Gasteiger partial charge in [-0.2, -0.15) is 0 Å². The van der Waals surface area contributed by atoms with Crippen LogP contribution in [-0.2, 0) is 0 Å². The highest BCUT2D eigenvalue weighted by molar-refractivity contribution is 6.34. The number of anilines is 1. The summed E-state index contributed by atoms with van der Waals surface area (Å²) in [4.78, 5) is 21.4. The largest absolute Gasteiger partial charge is 0.308 e. The van der Waals surface area contributed by atoms with Gasteiger partial charge < -0.3 is 4.90 Å². The van der Waals surface area contributed by atoms with Gasteiger partial charge in [0.25, 0.3) is 5.91 Å². The van der Waals surface area contributed by atoms with Gasteiger partial charge in [0, 0.05) is 19.4 Å². The maximum atomic E-state index is 12.2. The Morgan fingerprint density at radius 2 is 1.72 bits per heavy atom. The van der Waals surface area contributed by atoms with Crippen molar-refractivity contribution in [2.75, 3.05) is 11.9 Å². The van der Waals surface area contributed by atoms with Gasteiger partial charge in [-0.3, -0.25) is 4.79 Å². The van der Waals surface area contributed by atoms with Crippen LogP contribution in [0.2, 0.25) is 10.3 Å². The molecule has 0 spiro atoms. The molecule has 2 aromatic heterocycles. The molecule has 0 radical (unpaired) electrons. The summed E-state index contributed by atoms with van der Waals surface area (Å²) in [6.45, 7) is 0. The smallest absolute Gasteiger partial charge is 0.261 e. The Kier molecular flexibility index (Phi) is 3.79. The second-order valence-corrected chi connectivity index (χ2v) is 4.24. The van der Waals surface area contributed by atoms with Crippen molar-refractivity contribution >= 4 is 34.8 Å². The lowest BCUT2D eigenvalue weighted by molar-refractivity contribution is 0.0993. The molecule has 0 aliphatic carbocycles. The molecule has 1 amide bonds. The van der Waals surface area contributed by atoms with Crippen LogP contribution in [0.25, 0.3) is 0 Å². The Bertz CT molecular complexity index is 589. The number of hydrogen-bond acceptors (Lipinski definition) is 3. The van der Waals surface area contributed by atoms with Crippen LogP contribution < -0.4 is 4.90 Å². The standard InChI is InChI=1S/C12H9Cl2N3O/c1-17(9-5-3-7-16-11(9)14)12(18)8-4-2-6-15-10(8)13/h2-7H,1H3. The topological polar surface area (TPSA) is 46.1 Å². The van der Waals surface area contributed by atoms with Crippen LogP contribution in [0.5, 0.6) is 0 Å². The number of aromatic nitrogens is 2. The van der Waals surface area contributed by atoms with Gasteiger partial charge in [-0.05, 0) is 24.3 Å². The van der Waals surface area contributed by atoms with E-state index in [1.165, 1.54) is 11.1 Å². The highest BCUT2D eigenvalue weighted by atomic mass is 35.5. The zero-order valence-electron chi connectivity index (χ0n) is 9.47. The first-order chi connectivity index (χ1) is 8.61. The normalized spacial score (nSPS) is 10.2. The first kappa shape index (κ1) is 12.8. The molecule has 4 nitrogen and oxygen atoms in total. The number of pyridine rings is 2. The lowest BCUT2D eigenvalue weighted by Crippen LogP contribution is -2.27. The van der Waals surface area contributed by atoms with Gasteiger partial charge in [-0.15, -0.1) is 0 Å². The number of rotatable bonds is 2. The average molecular weight is 282 g/mol. The van der Waals surface area contributed by atoms with Crippen molar-refractivity contribution in [3.8, 4) is 0 Å². The lowest BCUT2D eigenvalue weighted by Gasteiger charge is -2.18. The van der Waals surface area contributed by atoms with Crippen molar-refractivity contribution in [1.29, 1.82) is 0 Å². The molecule has 0 aliphatic heterocycles. The van der Waals surface area contributed by atoms with Crippen LogP contribution >= 0.6 is 23.2 Å². The molecule has 0 saturated carbocycles. The zero-order valence-corrected chi connectivity index (χ0v) is 11.0. The van der Waals surface area contributed by atoms with Crippen molar-refractivity contribution in [1.82, 2.24) is 9.97 Å². The third-order valence-corrected chi connectivity index (χ3v) is 2.99. The molecule has 2 aromatic rings. The third-order valence-electron chi connectivity index (χ3n) is 2.39. The van der Waals surface area contributed by atoms with Gasteiger partial charge in [0.05, 0.1) is 11.3 Å². The molecule has 2 rings (SSSR count). The predicted octanol–water partition coefficient (Wildman–Crippen LogP) is 3.06. The maximum Gasteiger partial charge on any atom is 0.261 e.